The molecule has 0 atom stereocenters. The van der Waals surface area contributed by atoms with E-state index in [2.05, 4.69) is 18.2 Å². The Bertz CT molecular complexity index is 34.8. The minimum atomic E-state index is 0.316. The molecule has 0 aliphatic rings. The first kappa shape index (κ1) is 7.32. The first-order valence-corrected chi connectivity index (χ1v) is 8.97. The van der Waals surface area contributed by atoms with Crippen molar-refractivity contribution in [3.8, 4) is 0 Å². The molecule has 0 rings (SSSR count). The van der Waals surface area contributed by atoms with E-state index >= 15 is 0 Å². The zero-order valence-corrected chi connectivity index (χ0v) is 8.63. The Labute approximate surface area is 59.6 Å². The average Bonchev–Trinajstić information content (AvgIpc) is 1.61. The summed E-state index contributed by atoms with van der Waals surface area (Å²) in [6, 6.07) is 0. The van der Waals surface area contributed by atoms with Gasteiger partial charge in [0, 0.05) is 0 Å². The Morgan fingerprint density at radius 2 is 1.33 bits per heavy atom. The second kappa shape index (κ2) is 6.32. The van der Waals surface area contributed by atoms with Gasteiger partial charge in [-0.1, -0.05) is 0 Å². The predicted molar refractivity (Wildman–Crippen MR) is 32.4 cm³/mol. The van der Waals surface area contributed by atoms with Gasteiger partial charge in [0.25, 0.3) is 0 Å². The van der Waals surface area contributed by atoms with Crippen LogP contribution in [0.3, 0.4) is 0 Å². The van der Waals surface area contributed by atoms with Gasteiger partial charge in [-0.05, 0) is 0 Å². The number of hydrogen-bond acceptors (Lipinski definition) is 0. The van der Waals surface area contributed by atoms with Gasteiger partial charge in [0.1, 0.15) is 0 Å². The van der Waals surface area contributed by atoms with Crippen LogP contribution in [0.25, 0.3) is 0 Å². The van der Waals surface area contributed by atoms with E-state index < -0.39 is 0 Å². The summed E-state index contributed by atoms with van der Waals surface area (Å²) in [4.78, 5) is 4.59. The second-order valence-electron chi connectivity index (χ2n) is 0.744. The van der Waals surface area contributed by atoms with Crippen molar-refractivity contribution in [2.75, 3.05) is 0 Å². The van der Waals surface area contributed by atoms with Crippen molar-refractivity contribution in [1.82, 2.24) is 0 Å². The van der Waals surface area contributed by atoms with Gasteiger partial charge >= 0.3 is 60.0 Å². The third kappa shape index (κ3) is 5.32. The molecule has 0 amide bonds. The minimum absolute atomic E-state index is 0.316. The zero-order valence-electron chi connectivity index (χ0n) is 3.97. The fourth-order valence-corrected chi connectivity index (χ4v) is 5.00. The topological polar surface area (TPSA) is 0 Å². The van der Waals surface area contributed by atoms with Crippen LogP contribution in [0.15, 0.2) is 8.25 Å². The first-order chi connectivity index (χ1) is 2.91. The molecule has 0 radical (unpaired) electrons. The molecule has 6 heavy (non-hydrogen) atoms. The fraction of sp³-hybridized carbons (Fsp3) is 0.500. The molecule has 36 valence electrons. The summed E-state index contributed by atoms with van der Waals surface area (Å²) in [5.74, 6) is 0. The molecule has 2 heteroatoms. The molecule has 0 spiro atoms. The maximum absolute atomic E-state index is 2.37. The SMILES string of the molecule is C[Te]/C=C\[Te]C. The molecule has 0 N–H and O–H groups in total. The molecule has 0 saturated heterocycles. The van der Waals surface area contributed by atoms with Crippen molar-refractivity contribution in [1.29, 1.82) is 0 Å². The normalized spacial score (nSPS) is 10.3. The third-order valence-electron chi connectivity index (χ3n) is 0.328. The summed E-state index contributed by atoms with van der Waals surface area (Å²) < 4.78 is 4.74. The van der Waals surface area contributed by atoms with Crippen LogP contribution in [0.1, 0.15) is 0 Å². The maximum atomic E-state index is 2.37. The molecule has 0 nitrogen and oxygen atoms in total. The van der Waals surface area contributed by atoms with Gasteiger partial charge < -0.3 is 0 Å². The molecule has 0 aromatic heterocycles. The number of hydrogen-bond donors (Lipinski definition) is 0. The van der Waals surface area contributed by atoms with Crippen LogP contribution in [0.4, 0.5) is 0 Å². The van der Waals surface area contributed by atoms with Crippen LogP contribution in [-0.2, 0) is 0 Å². The monoisotopic (exact) mass is 316 g/mol. The molecule has 0 saturated carbocycles. The molecular weight excluding hydrogens is 303 g/mol. The molecule has 0 bridgehead atoms. The molecular formula is C4H8Te2. The Kier molecular flexibility index (Phi) is 7.71. The van der Waals surface area contributed by atoms with Crippen molar-refractivity contribution in [2.24, 2.45) is 0 Å². The molecule has 0 aliphatic carbocycles. The van der Waals surface area contributed by atoms with Crippen LogP contribution < -0.4 is 0 Å². The predicted octanol–water partition coefficient (Wildman–Crippen LogP) is 0.962. The summed E-state index contributed by atoms with van der Waals surface area (Å²) in [7, 11) is 0. The standard InChI is InChI=1S/C4H8Te2/c1-5-3-4-6-2/h3-4H,1-2H3/b4-3-. The van der Waals surface area contributed by atoms with Crippen LogP contribution in [0.5, 0.6) is 0 Å². The summed E-state index contributed by atoms with van der Waals surface area (Å²) in [6.45, 7) is 0. The van der Waals surface area contributed by atoms with Gasteiger partial charge in [-0.2, -0.15) is 0 Å². The van der Waals surface area contributed by atoms with Gasteiger partial charge in [0.15, 0.2) is 0 Å². The molecule has 0 fully saturated rings. The molecule has 0 unspecified atom stereocenters. The fourth-order valence-electron chi connectivity index (χ4n) is 0.111. The third-order valence-corrected chi connectivity index (χ3v) is 4.33. The van der Waals surface area contributed by atoms with Crippen molar-refractivity contribution in [3.05, 3.63) is 8.25 Å². The molecule has 0 aliphatic heterocycles. The van der Waals surface area contributed by atoms with Crippen LogP contribution in [0.2, 0.25) is 9.94 Å². The molecule has 0 heterocycles. The summed E-state index contributed by atoms with van der Waals surface area (Å²) >= 11 is 0.632. The van der Waals surface area contributed by atoms with Gasteiger partial charge in [-0.25, -0.2) is 0 Å². The van der Waals surface area contributed by atoms with E-state index in [4.69, 9.17) is 0 Å². The van der Waals surface area contributed by atoms with Crippen LogP contribution in [0, 0.1) is 0 Å². The van der Waals surface area contributed by atoms with Crippen molar-refractivity contribution >= 4 is 41.8 Å². The van der Waals surface area contributed by atoms with E-state index in [1.807, 2.05) is 0 Å². The quantitative estimate of drug-likeness (QED) is 0.667. The van der Waals surface area contributed by atoms with E-state index in [1.165, 1.54) is 0 Å². The second-order valence-corrected chi connectivity index (χ2v) is 4.99. The molecule has 0 aromatic carbocycles. The van der Waals surface area contributed by atoms with Crippen molar-refractivity contribution < 1.29 is 0 Å². The Hall–Kier alpha value is 1.32. The van der Waals surface area contributed by atoms with Gasteiger partial charge in [-0.15, -0.1) is 0 Å². The van der Waals surface area contributed by atoms with Gasteiger partial charge in [-0.3, -0.25) is 0 Å². The summed E-state index contributed by atoms with van der Waals surface area (Å²) in [5, 5.41) is 0. The zero-order chi connectivity index (χ0) is 4.83. The van der Waals surface area contributed by atoms with E-state index in [0.717, 1.165) is 0 Å². The molecule has 0 aromatic rings. The van der Waals surface area contributed by atoms with Crippen LogP contribution >= 0.6 is 0 Å². The van der Waals surface area contributed by atoms with Crippen LogP contribution in [-0.4, -0.2) is 41.8 Å². The summed E-state index contributed by atoms with van der Waals surface area (Å²) in [5.41, 5.74) is 0. The Morgan fingerprint density at radius 3 is 1.50 bits per heavy atom. The first-order valence-electron chi connectivity index (χ1n) is 1.62. The Balaban J connectivity index is 2.73. The van der Waals surface area contributed by atoms with Crippen molar-refractivity contribution in [3.63, 3.8) is 0 Å². The van der Waals surface area contributed by atoms with E-state index in [9.17, 15) is 0 Å². The van der Waals surface area contributed by atoms with E-state index in [1.54, 1.807) is 0 Å². The van der Waals surface area contributed by atoms with Gasteiger partial charge in [0.05, 0.1) is 0 Å². The van der Waals surface area contributed by atoms with Crippen molar-refractivity contribution in [2.45, 2.75) is 9.94 Å². The summed E-state index contributed by atoms with van der Waals surface area (Å²) in [6.07, 6.45) is 0. The number of rotatable bonds is 2. The average molecular weight is 311 g/mol. The van der Waals surface area contributed by atoms with E-state index in [-0.39, 0.29) is 0 Å². The van der Waals surface area contributed by atoms with Gasteiger partial charge in [0.2, 0.25) is 0 Å². The van der Waals surface area contributed by atoms with E-state index in [0.29, 0.717) is 41.8 Å². The Morgan fingerprint density at radius 1 is 1.00 bits per heavy atom.